The lowest BCUT2D eigenvalue weighted by Crippen LogP contribution is -2.39. The summed E-state index contributed by atoms with van der Waals surface area (Å²) in [5.74, 6) is 0.296. The second kappa shape index (κ2) is 8.70. The topological polar surface area (TPSA) is 58.6 Å². The van der Waals surface area contributed by atoms with E-state index in [1.165, 1.54) is 16.2 Å². The van der Waals surface area contributed by atoms with E-state index >= 15 is 0 Å². The highest BCUT2D eigenvalue weighted by Crippen LogP contribution is 2.15. The van der Waals surface area contributed by atoms with Gasteiger partial charge in [0.15, 0.2) is 0 Å². The van der Waals surface area contributed by atoms with Crippen LogP contribution < -0.4 is 10.1 Å². The first-order valence-electron chi connectivity index (χ1n) is 7.42. The fourth-order valence-electron chi connectivity index (χ4n) is 1.89. The zero-order chi connectivity index (χ0) is 17.5. The Kier molecular flexibility index (Phi) is 6.63. The van der Waals surface area contributed by atoms with E-state index in [1.807, 2.05) is 13.0 Å². The van der Waals surface area contributed by atoms with Gasteiger partial charge in [0, 0.05) is 16.9 Å². The number of likely N-dealkylation sites (N-methyl/N-ethyl adjacent to an activating group) is 1. The molecular weight excluding hydrogens is 348 g/mol. The maximum absolute atomic E-state index is 12.0. The van der Waals surface area contributed by atoms with Gasteiger partial charge in [-0.1, -0.05) is 11.6 Å². The summed E-state index contributed by atoms with van der Waals surface area (Å²) in [5, 5.41) is 3.28. The summed E-state index contributed by atoms with van der Waals surface area (Å²) in [5.41, 5.74) is 0. The number of rotatable bonds is 7. The number of thiophene rings is 1. The van der Waals surface area contributed by atoms with Crippen LogP contribution in [0.4, 0.5) is 0 Å². The van der Waals surface area contributed by atoms with Crippen LogP contribution in [0.15, 0.2) is 36.4 Å². The lowest BCUT2D eigenvalue weighted by Gasteiger charge is -2.17. The Morgan fingerprint density at radius 3 is 2.54 bits per heavy atom. The standard InChI is InChI=1S/C17H19ClN2O3S/c1-12-3-8-15(24-12)17(22)19-11-16(21)20(2)9-10-23-14-6-4-13(18)5-7-14/h3-8H,9-11H2,1-2H3,(H,19,22). The molecule has 0 aliphatic heterocycles. The van der Waals surface area contributed by atoms with Gasteiger partial charge in [0.05, 0.1) is 18.0 Å². The Balaban J connectivity index is 1.70. The van der Waals surface area contributed by atoms with Crippen molar-refractivity contribution < 1.29 is 14.3 Å². The van der Waals surface area contributed by atoms with Crippen LogP contribution in [0, 0.1) is 6.92 Å². The summed E-state index contributed by atoms with van der Waals surface area (Å²) < 4.78 is 5.54. The van der Waals surface area contributed by atoms with Crippen LogP contribution in [0.2, 0.25) is 5.02 Å². The molecule has 5 nitrogen and oxygen atoms in total. The Morgan fingerprint density at radius 1 is 1.21 bits per heavy atom. The number of nitrogens with one attached hydrogen (secondary N) is 1. The zero-order valence-corrected chi connectivity index (χ0v) is 15.1. The fourth-order valence-corrected chi connectivity index (χ4v) is 2.80. The van der Waals surface area contributed by atoms with Gasteiger partial charge in [0.2, 0.25) is 5.91 Å². The first kappa shape index (κ1) is 18.3. The first-order valence-corrected chi connectivity index (χ1v) is 8.62. The van der Waals surface area contributed by atoms with Crippen LogP contribution >= 0.6 is 22.9 Å². The molecule has 0 atom stereocenters. The van der Waals surface area contributed by atoms with E-state index < -0.39 is 0 Å². The molecule has 2 aromatic rings. The number of carbonyl (C=O) groups is 2. The molecule has 0 unspecified atom stereocenters. The van der Waals surface area contributed by atoms with Crippen LogP contribution in [0.1, 0.15) is 14.5 Å². The molecule has 1 aromatic carbocycles. The predicted octanol–water partition coefficient (Wildman–Crippen LogP) is 2.98. The van der Waals surface area contributed by atoms with Crippen molar-refractivity contribution in [3.05, 3.63) is 51.2 Å². The van der Waals surface area contributed by atoms with E-state index in [1.54, 1.807) is 37.4 Å². The quantitative estimate of drug-likeness (QED) is 0.819. The van der Waals surface area contributed by atoms with Gasteiger partial charge in [-0.15, -0.1) is 11.3 Å². The highest BCUT2D eigenvalue weighted by Gasteiger charge is 2.12. The molecule has 1 heterocycles. The number of ether oxygens (including phenoxy) is 1. The summed E-state index contributed by atoms with van der Waals surface area (Å²) in [7, 11) is 1.68. The molecule has 0 saturated carbocycles. The highest BCUT2D eigenvalue weighted by molar-refractivity contribution is 7.13. The number of hydrogen-bond acceptors (Lipinski definition) is 4. The van der Waals surface area contributed by atoms with Crippen molar-refractivity contribution in [2.24, 2.45) is 0 Å². The molecule has 0 radical (unpaired) electrons. The summed E-state index contributed by atoms with van der Waals surface area (Å²) in [6, 6.07) is 10.7. The minimum atomic E-state index is -0.229. The third-order valence-corrected chi connectivity index (χ3v) is 4.55. The fraction of sp³-hybridized carbons (Fsp3) is 0.294. The largest absolute Gasteiger partial charge is 0.492 e. The van der Waals surface area contributed by atoms with E-state index in [2.05, 4.69) is 5.32 Å². The molecule has 0 spiro atoms. The van der Waals surface area contributed by atoms with Crippen molar-refractivity contribution in [2.45, 2.75) is 6.92 Å². The van der Waals surface area contributed by atoms with E-state index in [0.29, 0.717) is 28.8 Å². The van der Waals surface area contributed by atoms with Gasteiger partial charge in [-0.25, -0.2) is 0 Å². The lowest BCUT2D eigenvalue weighted by atomic mass is 10.3. The van der Waals surface area contributed by atoms with Crippen LogP contribution in [0.25, 0.3) is 0 Å². The number of hydrogen-bond donors (Lipinski definition) is 1. The van der Waals surface area contributed by atoms with Crippen molar-refractivity contribution in [3.63, 3.8) is 0 Å². The molecule has 0 aliphatic carbocycles. The van der Waals surface area contributed by atoms with E-state index in [9.17, 15) is 9.59 Å². The molecule has 0 fully saturated rings. The Morgan fingerprint density at radius 2 is 1.92 bits per heavy atom. The normalized spacial score (nSPS) is 10.3. The van der Waals surface area contributed by atoms with Crippen LogP contribution in [-0.2, 0) is 4.79 Å². The Labute approximate surface area is 150 Å². The van der Waals surface area contributed by atoms with E-state index in [-0.39, 0.29) is 18.4 Å². The molecule has 24 heavy (non-hydrogen) atoms. The van der Waals surface area contributed by atoms with Crippen molar-refractivity contribution in [3.8, 4) is 5.75 Å². The molecule has 1 aromatic heterocycles. The van der Waals surface area contributed by atoms with Crippen molar-refractivity contribution in [2.75, 3.05) is 26.7 Å². The number of nitrogens with zero attached hydrogens (tertiary/aromatic N) is 1. The number of aryl methyl sites for hydroxylation is 1. The second-order valence-electron chi connectivity index (χ2n) is 5.21. The van der Waals surface area contributed by atoms with Crippen molar-refractivity contribution in [1.82, 2.24) is 10.2 Å². The zero-order valence-electron chi connectivity index (χ0n) is 13.5. The summed E-state index contributed by atoms with van der Waals surface area (Å²) >= 11 is 7.20. The Bertz CT molecular complexity index is 700. The monoisotopic (exact) mass is 366 g/mol. The number of carbonyl (C=O) groups excluding carboxylic acids is 2. The van der Waals surface area contributed by atoms with Gasteiger partial charge in [-0.3, -0.25) is 9.59 Å². The van der Waals surface area contributed by atoms with E-state index in [4.69, 9.17) is 16.3 Å². The molecule has 1 N–H and O–H groups in total. The average Bonchev–Trinajstić information content (AvgIpc) is 3.00. The second-order valence-corrected chi connectivity index (χ2v) is 6.93. The average molecular weight is 367 g/mol. The number of halogens is 1. The maximum Gasteiger partial charge on any atom is 0.261 e. The van der Waals surface area contributed by atoms with Crippen LogP contribution in [-0.4, -0.2) is 43.5 Å². The van der Waals surface area contributed by atoms with Gasteiger partial charge in [0.1, 0.15) is 12.4 Å². The minimum Gasteiger partial charge on any atom is -0.492 e. The van der Waals surface area contributed by atoms with Crippen molar-refractivity contribution >= 4 is 34.8 Å². The van der Waals surface area contributed by atoms with Crippen molar-refractivity contribution in [1.29, 1.82) is 0 Å². The molecular formula is C17H19ClN2O3S. The maximum atomic E-state index is 12.0. The highest BCUT2D eigenvalue weighted by atomic mass is 35.5. The third-order valence-electron chi connectivity index (χ3n) is 3.30. The van der Waals surface area contributed by atoms with Gasteiger partial charge in [-0.05, 0) is 43.3 Å². The third kappa shape index (κ3) is 5.54. The smallest absolute Gasteiger partial charge is 0.261 e. The SMILES string of the molecule is Cc1ccc(C(=O)NCC(=O)N(C)CCOc2ccc(Cl)cc2)s1. The molecule has 0 aliphatic rings. The lowest BCUT2D eigenvalue weighted by molar-refractivity contribution is -0.129. The summed E-state index contributed by atoms with van der Waals surface area (Å²) in [6.45, 7) is 2.69. The van der Waals surface area contributed by atoms with Gasteiger partial charge < -0.3 is 15.0 Å². The molecule has 128 valence electrons. The molecule has 2 amide bonds. The predicted molar refractivity (Wildman–Crippen MR) is 96.0 cm³/mol. The van der Waals surface area contributed by atoms with Gasteiger partial charge in [0.25, 0.3) is 5.91 Å². The Hall–Kier alpha value is -2.05. The van der Waals surface area contributed by atoms with Gasteiger partial charge in [-0.2, -0.15) is 0 Å². The molecule has 7 heteroatoms. The molecule has 2 rings (SSSR count). The molecule has 0 bridgehead atoms. The van der Waals surface area contributed by atoms with Crippen LogP contribution in [0.3, 0.4) is 0 Å². The van der Waals surface area contributed by atoms with Crippen LogP contribution in [0.5, 0.6) is 5.75 Å². The number of amides is 2. The molecule has 0 saturated heterocycles. The summed E-state index contributed by atoms with van der Waals surface area (Å²) in [6.07, 6.45) is 0. The van der Waals surface area contributed by atoms with E-state index in [0.717, 1.165) is 4.88 Å². The minimum absolute atomic E-state index is 0.0345. The van der Waals surface area contributed by atoms with Gasteiger partial charge >= 0.3 is 0 Å². The summed E-state index contributed by atoms with van der Waals surface area (Å²) in [4.78, 5) is 27.1. The first-order chi connectivity index (χ1) is 11.5. The number of benzene rings is 1.